The maximum absolute atomic E-state index is 13.1. The van der Waals surface area contributed by atoms with Crippen LogP contribution in [0.15, 0.2) is 65.3 Å². The lowest BCUT2D eigenvalue weighted by Crippen LogP contribution is -2.36. The Bertz CT molecular complexity index is 1050. The number of nitrogens with two attached hydrogens (primary N) is 1. The van der Waals surface area contributed by atoms with E-state index in [1.807, 2.05) is 4.90 Å². The number of hydrogen-bond acceptors (Lipinski definition) is 3. The molecule has 1 heterocycles. The van der Waals surface area contributed by atoms with Gasteiger partial charge in [0, 0.05) is 23.7 Å². The van der Waals surface area contributed by atoms with Crippen LogP contribution in [0.25, 0.3) is 0 Å². The highest BCUT2D eigenvalue weighted by Crippen LogP contribution is 2.28. The number of allylic oxidation sites excluding steroid dienone is 2. The predicted molar refractivity (Wildman–Crippen MR) is 126 cm³/mol. The second-order valence-corrected chi connectivity index (χ2v) is 8.95. The van der Waals surface area contributed by atoms with E-state index in [9.17, 15) is 18.0 Å². The first-order valence-corrected chi connectivity index (χ1v) is 11.2. The zero-order valence-electron chi connectivity index (χ0n) is 18.6. The number of benzene rings is 2. The molecule has 0 bridgehead atoms. The Hall–Kier alpha value is -2.80. The van der Waals surface area contributed by atoms with Gasteiger partial charge in [-0.2, -0.15) is 13.2 Å². The summed E-state index contributed by atoms with van der Waals surface area (Å²) in [4.78, 5) is 19.3. The number of carbonyl (C=O) groups is 1. The topological polar surface area (TPSA) is 58.7 Å². The maximum Gasteiger partial charge on any atom is 0.430 e. The summed E-state index contributed by atoms with van der Waals surface area (Å²) in [6.07, 6.45) is -1.02. The molecule has 2 aromatic carbocycles. The summed E-state index contributed by atoms with van der Waals surface area (Å²) < 4.78 is 39.3. The molecule has 0 aliphatic carbocycles. The molecule has 2 N–H and O–H groups in total. The number of alkyl halides is 3. The minimum atomic E-state index is -4.70. The van der Waals surface area contributed by atoms with Crippen LogP contribution >= 0.6 is 11.6 Å². The minimum Gasteiger partial charge on any atom is -0.395 e. The van der Waals surface area contributed by atoms with Gasteiger partial charge in [-0.25, -0.2) is 4.99 Å². The molecule has 1 saturated heterocycles. The number of amides is 1. The Morgan fingerprint density at radius 3 is 2.42 bits per heavy atom. The van der Waals surface area contributed by atoms with Gasteiger partial charge in [0.15, 0.2) is 0 Å². The zero-order valence-corrected chi connectivity index (χ0v) is 19.3. The molecule has 176 valence electrons. The molecule has 1 atom stereocenters. The van der Waals surface area contributed by atoms with E-state index in [4.69, 9.17) is 17.3 Å². The quantitative estimate of drug-likeness (QED) is 0.482. The lowest BCUT2D eigenvalue weighted by Gasteiger charge is -2.26. The lowest BCUT2D eigenvalue weighted by atomic mass is 10.0. The molecule has 4 nitrogen and oxygen atoms in total. The molecule has 1 aliphatic rings. The Morgan fingerprint density at radius 2 is 1.82 bits per heavy atom. The molecule has 1 fully saturated rings. The number of para-hydroxylation sites is 1. The van der Waals surface area contributed by atoms with Crippen molar-refractivity contribution in [3.63, 3.8) is 0 Å². The first-order valence-electron chi connectivity index (χ1n) is 10.8. The van der Waals surface area contributed by atoms with Gasteiger partial charge in [-0.05, 0) is 55.5 Å². The molecule has 0 aromatic heterocycles. The molecule has 1 unspecified atom stereocenters. The third kappa shape index (κ3) is 6.38. The predicted octanol–water partition coefficient (Wildman–Crippen LogP) is 6.52. The van der Waals surface area contributed by atoms with Crippen LogP contribution in [0.5, 0.6) is 0 Å². The summed E-state index contributed by atoms with van der Waals surface area (Å²) in [5, 5.41) is 0.297. The molecule has 1 amide bonds. The van der Waals surface area contributed by atoms with Crippen LogP contribution < -0.4 is 5.73 Å². The van der Waals surface area contributed by atoms with Crippen molar-refractivity contribution in [3.05, 3.63) is 76.5 Å². The molecule has 0 saturated carbocycles. The molecular formula is C25H27ClF3N3O. The number of hydrogen-bond donors (Lipinski definition) is 1. The number of likely N-dealkylation sites (tertiary alicyclic amines) is 1. The van der Waals surface area contributed by atoms with Crippen LogP contribution in [0.4, 0.5) is 18.9 Å². The summed E-state index contributed by atoms with van der Waals surface area (Å²) in [6, 6.07) is 13.2. The number of aliphatic imine (C=N–C) groups is 1. The molecule has 0 spiro atoms. The minimum absolute atomic E-state index is 0.00391. The summed E-state index contributed by atoms with van der Waals surface area (Å²) in [5.74, 6) is 0.417. The van der Waals surface area contributed by atoms with E-state index in [1.54, 1.807) is 48.5 Å². The van der Waals surface area contributed by atoms with Gasteiger partial charge in [0.2, 0.25) is 0 Å². The van der Waals surface area contributed by atoms with Gasteiger partial charge < -0.3 is 10.6 Å². The molecule has 2 aromatic rings. The van der Waals surface area contributed by atoms with Gasteiger partial charge in [0.1, 0.15) is 5.70 Å². The van der Waals surface area contributed by atoms with Crippen molar-refractivity contribution in [3.8, 4) is 0 Å². The highest BCUT2D eigenvalue weighted by atomic mass is 35.5. The summed E-state index contributed by atoms with van der Waals surface area (Å²) in [5.41, 5.74) is 5.17. The monoisotopic (exact) mass is 477 g/mol. The second-order valence-electron chi connectivity index (χ2n) is 8.55. The first kappa shape index (κ1) is 24.8. The molecule has 33 heavy (non-hydrogen) atoms. The van der Waals surface area contributed by atoms with Crippen LogP contribution in [-0.4, -0.2) is 35.3 Å². The SMILES string of the molecule is CC(C)CC1CCCN1C(=O)c1ccc(C(C=C(N)C(F)(F)F)=Nc2ccccc2Cl)cc1. The van der Waals surface area contributed by atoms with E-state index < -0.39 is 11.9 Å². The van der Waals surface area contributed by atoms with Crippen molar-refractivity contribution in [2.75, 3.05) is 6.54 Å². The maximum atomic E-state index is 13.1. The lowest BCUT2D eigenvalue weighted by molar-refractivity contribution is -0.0925. The number of halogens is 4. The fourth-order valence-electron chi connectivity index (χ4n) is 3.92. The summed E-state index contributed by atoms with van der Waals surface area (Å²) in [7, 11) is 0. The van der Waals surface area contributed by atoms with E-state index in [1.165, 1.54) is 0 Å². The molecule has 0 radical (unpaired) electrons. The number of carbonyl (C=O) groups excluding carboxylic acids is 1. The average molecular weight is 478 g/mol. The van der Waals surface area contributed by atoms with E-state index in [0.29, 0.717) is 34.3 Å². The molecule has 3 rings (SSSR count). The van der Waals surface area contributed by atoms with Crippen molar-refractivity contribution >= 4 is 28.9 Å². The van der Waals surface area contributed by atoms with E-state index in [2.05, 4.69) is 18.8 Å². The Kier molecular flexibility index (Phi) is 7.84. The van der Waals surface area contributed by atoms with Crippen LogP contribution in [0.3, 0.4) is 0 Å². The largest absolute Gasteiger partial charge is 0.430 e. The highest BCUT2D eigenvalue weighted by Gasteiger charge is 2.32. The third-order valence-electron chi connectivity index (χ3n) is 5.52. The normalized spacial score (nSPS) is 17.7. The fourth-order valence-corrected chi connectivity index (χ4v) is 4.10. The van der Waals surface area contributed by atoms with Gasteiger partial charge in [0.25, 0.3) is 5.91 Å². The molecular weight excluding hydrogens is 451 g/mol. The second kappa shape index (κ2) is 10.4. The van der Waals surface area contributed by atoms with Crippen molar-refractivity contribution in [1.82, 2.24) is 4.90 Å². The van der Waals surface area contributed by atoms with Crippen molar-refractivity contribution in [1.29, 1.82) is 0 Å². The van der Waals surface area contributed by atoms with Crippen LogP contribution in [0, 0.1) is 5.92 Å². The average Bonchev–Trinajstić information content (AvgIpc) is 3.21. The number of nitrogens with zero attached hydrogens (tertiary/aromatic N) is 2. The number of rotatable bonds is 6. The summed E-state index contributed by atoms with van der Waals surface area (Å²) >= 11 is 6.14. The van der Waals surface area contributed by atoms with E-state index in [-0.39, 0.29) is 17.7 Å². The van der Waals surface area contributed by atoms with E-state index >= 15 is 0 Å². The first-order chi connectivity index (χ1) is 15.6. The Labute approximate surface area is 196 Å². The van der Waals surface area contributed by atoms with Crippen LogP contribution in [-0.2, 0) is 0 Å². The standard InChI is InChI=1S/C25H27ClF3N3O/c1-16(2)14-19-6-5-13-32(19)24(33)18-11-9-17(10-12-18)22(15-23(30)25(27,28)29)31-21-8-4-3-7-20(21)26/h3-4,7-12,15-16,19H,5-6,13-14,30H2,1-2H3. The van der Waals surface area contributed by atoms with Crippen molar-refractivity contribution in [2.24, 2.45) is 16.6 Å². The van der Waals surface area contributed by atoms with Crippen LogP contribution in [0.2, 0.25) is 5.02 Å². The molecule has 1 aliphatic heterocycles. The van der Waals surface area contributed by atoms with Gasteiger partial charge >= 0.3 is 6.18 Å². The Morgan fingerprint density at radius 1 is 1.18 bits per heavy atom. The summed E-state index contributed by atoms with van der Waals surface area (Å²) in [6.45, 7) is 4.98. The third-order valence-corrected chi connectivity index (χ3v) is 5.84. The Balaban J connectivity index is 1.93. The van der Waals surface area contributed by atoms with Gasteiger partial charge in [-0.1, -0.05) is 49.7 Å². The van der Waals surface area contributed by atoms with Crippen molar-refractivity contribution < 1.29 is 18.0 Å². The van der Waals surface area contributed by atoms with Gasteiger partial charge in [-0.3, -0.25) is 4.79 Å². The zero-order chi connectivity index (χ0) is 24.2. The van der Waals surface area contributed by atoms with Crippen molar-refractivity contribution in [2.45, 2.75) is 45.3 Å². The molecule has 8 heteroatoms. The smallest absolute Gasteiger partial charge is 0.395 e. The highest BCUT2D eigenvalue weighted by molar-refractivity contribution is 6.33. The van der Waals surface area contributed by atoms with Crippen LogP contribution in [0.1, 0.15) is 49.0 Å². The van der Waals surface area contributed by atoms with Gasteiger partial charge in [0.05, 0.1) is 16.4 Å². The van der Waals surface area contributed by atoms with E-state index in [0.717, 1.165) is 25.3 Å². The fraction of sp³-hybridized carbons (Fsp3) is 0.360. The van der Waals surface area contributed by atoms with Gasteiger partial charge in [-0.15, -0.1) is 0 Å².